The van der Waals surface area contributed by atoms with E-state index in [-0.39, 0.29) is 63.5 Å². The number of aliphatic imine (C=N–C) groups is 1. The molecule has 0 unspecified atom stereocenters. The number of aliphatic hydroxyl groups excluding tert-OH is 3. The molecule has 22 N–H and O–H groups in total. The van der Waals surface area contributed by atoms with Crippen molar-refractivity contribution in [2.45, 2.75) is 159 Å². The third-order valence-corrected chi connectivity index (χ3v) is 12.1. The zero-order valence-corrected chi connectivity index (χ0v) is 44.2. The van der Waals surface area contributed by atoms with Crippen molar-refractivity contribution in [1.29, 1.82) is 0 Å². The first-order valence-corrected chi connectivity index (χ1v) is 25.6. The van der Waals surface area contributed by atoms with Crippen LogP contribution in [0.2, 0.25) is 0 Å². The number of carboxylic acid groups (broad SMARTS) is 1. The summed E-state index contributed by atoms with van der Waals surface area (Å²) in [6.45, 7) is 5.96. The number of amides is 11. The topological polar surface area (TPSA) is 528 Å². The van der Waals surface area contributed by atoms with Gasteiger partial charge in [0.05, 0.1) is 37.7 Å². The number of guanidine groups is 1. The Kier molecular flexibility index (Phi) is 29.3. The molecule has 1 aliphatic rings. The van der Waals surface area contributed by atoms with Crippen LogP contribution in [0.4, 0.5) is 0 Å². The molecule has 1 aliphatic heterocycles. The Balaban J connectivity index is 3.24. The monoisotopic (exact) mass is 1100 g/mol. The molecule has 0 spiro atoms. The molecule has 11 amide bonds. The van der Waals surface area contributed by atoms with Gasteiger partial charge in [-0.05, 0) is 77.2 Å². The highest BCUT2D eigenvalue weighted by molar-refractivity contribution is 7.98. The summed E-state index contributed by atoms with van der Waals surface area (Å²) in [5.41, 5.74) is 26.8. The van der Waals surface area contributed by atoms with Crippen LogP contribution in [0, 0.1) is 5.92 Å². The van der Waals surface area contributed by atoms with E-state index in [0.717, 1.165) is 11.8 Å². The smallest absolute Gasteiger partial charge is 0.326 e. The van der Waals surface area contributed by atoms with Crippen molar-refractivity contribution in [2.24, 2.45) is 39.6 Å². The molecule has 1 fully saturated rings. The predicted octanol–water partition coefficient (Wildman–Crippen LogP) is -8.35. The summed E-state index contributed by atoms with van der Waals surface area (Å²) in [4.78, 5) is 161. The Morgan fingerprint density at radius 1 is 0.632 bits per heavy atom. The van der Waals surface area contributed by atoms with Gasteiger partial charge in [-0.25, -0.2) is 4.79 Å². The molecule has 0 radical (unpaired) electrons. The second-order valence-corrected chi connectivity index (χ2v) is 19.5. The number of thioether (sulfide) groups is 1. The van der Waals surface area contributed by atoms with E-state index < -0.39 is 163 Å². The maximum atomic E-state index is 14.1. The normalized spacial score (nSPS) is 17.5. The van der Waals surface area contributed by atoms with Crippen LogP contribution in [-0.4, -0.2) is 207 Å². The number of nitrogens with one attached hydrogen (secondary N) is 8. The van der Waals surface area contributed by atoms with Gasteiger partial charge in [0.2, 0.25) is 65.0 Å². The van der Waals surface area contributed by atoms with E-state index in [9.17, 15) is 78.0 Å². The van der Waals surface area contributed by atoms with E-state index in [0.29, 0.717) is 5.75 Å². The summed E-state index contributed by atoms with van der Waals surface area (Å²) >= 11 is 1.32. The van der Waals surface area contributed by atoms with Crippen molar-refractivity contribution in [3.63, 3.8) is 0 Å². The molecule has 430 valence electrons. The van der Waals surface area contributed by atoms with Crippen LogP contribution in [0.1, 0.15) is 86.0 Å². The highest BCUT2D eigenvalue weighted by Gasteiger charge is 2.41. The Morgan fingerprint density at radius 3 is 1.66 bits per heavy atom. The fourth-order valence-electron chi connectivity index (χ4n) is 7.42. The molecule has 12 atom stereocenters. The number of hydrogen-bond acceptors (Lipinski definition) is 18. The highest BCUT2D eigenvalue weighted by atomic mass is 32.2. The van der Waals surface area contributed by atoms with Crippen molar-refractivity contribution < 1.29 is 78.0 Å². The van der Waals surface area contributed by atoms with E-state index in [4.69, 9.17) is 28.7 Å². The van der Waals surface area contributed by atoms with Crippen LogP contribution in [-0.2, 0) is 57.5 Å². The molecule has 31 nitrogen and oxygen atoms in total. The van der Waals surface area contributed by atoms with E-state index in [1.807, 2.05) is 5.32 Å². The zero-order valence-electron chi connectivity index (χ0n) is 43.4. The number of nitrogens with two attached hydrogens (primary N) is 5. The molecular weight excluding hydrogens is 1030 g/mol. The summed E-state index contributed by atoms with van der Waals surface area (Å²) in [6, 6.07) is -15.2. The van der Waals surface area contributed by atoms with Crippen LogP contribution >= 0.6 is 11.8 Å². The van der Waals surface area contributed by atoms with Crippen LogP contribution in [0.5, 0.6) is 0 Å². The van der Waals surface area contributed by atoms with Gasteiger partial charge in [0.25, 0.3) is 0 Å². The lowest BCUT2D eigenvalue weighted by atomic mass is 10.0. The van der Waals surface area contributed by atoms with Crippen LogP contribution < -0.4 is 71.2 Å². The summed E-state index contributed by atoms with van der Waals surface area (Å²) in [7, 11) is 0. The molecular formula is C44H77N15O16S. The van der Waals surface area contributed by atoms with Gasteiger partial charge >= 0.3 is 5.97 Å². The van der Waals surface area contributed by atoms with Gasteiger partial charge in [-0.3, -0.25) is 57.7 Å². The molecule has 1 heterocycles. The van der Waals surface area contributed by atoms with E-state index in [1.165, 1.54) is 25.6 Å². The van der Waals surface area contributed by atoms with Gasteiger partial charge in [-0.2, -0.15) is 11.8 Å². The molecule has 0 aromatic heterocycles. The van der Waals surface area contributed by atoms with Gasteiger partial charge in [0.1, 0.15) is 54.4 Å². The van der Waals surface area contributed by atoms with Gasteiger partial charge in [0, 0.05) is 13.1 Å². The van der Waals surface area contributed by atoms with Crippen molar-refractivity contribution in [3.05, 3.63) is 0 Å². The Hall–Kier alpha value is -6.90. The third kappa shape index (κ3) is 23.3. The van der Waals surface area contributed by atoms with E-state index in [2.05, 4.69) is 42.2 Å². The Bertz CT molecular complexity index is 2100. The molecule has 76 heavy (non-hydrogen) atoms. The van der Waals surface area contributed by atoms with Gasteiger partial charge in [-0.15, -0.1) is 0 Å². The van der Waals surface area contributed by atoms with Crippen molar-refractivity contribution in [3.8, 4) is 0 Å². The lowest BCUT2D eigenvalue weighted by molar-refractivity contribution is -0.145. The average molecular weight is 1100 g/mol. The van der Waals surface area contributed by atoms with Crippen molar-refractivity contribution in [2.75, 3.05) is 31.7 Å². The average Bonchev–Trinajstić information content (AvgIpc) is 3.82. The maximum Gasteiger partial charge on any atom is 0.326 e. The third-order valence-electron chi connectivity index (χ3n) is 11.5. The SMILES string of the molecule is CSCC[C@H](NC(=O)[C@H](CC(C)C)NC(=O)[C@H](CCCN=C(N)N)NC(=O)[C@@H](N)CC(N)=O)C(=O)N[C@H](C(=O)N1CCC[C@H]1C(=O)N[C@@H](C)C(=O)N[C@@H](CO)C(=O)N[C@H](C(=O)N[C@@H](CC(N)=O)C(=O)O)[C@@H](C)O)[C@@H](C)O. The van der Waals surface area contributed by atoms with Crippen molar-refractivity contribution >= 4 is 88.7 Å². The zero-order chi connectivity index (χ0) is 58.1. The summed E-state index contributed by atoms with van der Waals surface area (Å²) in [5.74, 6) is -12.4. The fourth-order valence-corrected chi connectivity index (χ4v) is 7.90. The summed E-state index contributed by atoms with van der Waals surface area (Å²) in [6.07, 6.45) is -2.33. The van der Waals surface area contributed by atoms with Crippen LogP contribution in [0.25, 0.3) is 0 Å². The van der Waals surface area contributed by atoms with Gasteiger partial charge in [-0.1, -0.05) is 13.8 Å². The second kappa shape index (κ2) is 33.2. The highest BCUT2D eigenvalue weighted by Crippen LogP contribution is 2.20. The largest absolute Gasteiger partial charge is 0.480 e. The molecule has 32 heteroatoms. The Morgan fingerprint density at radius 2 is 1.13 bits per heavy atom. The number of aliphatic hydroxyl groups is 3. The minimum atomic E-state index is -1.85. The number of aliphatic carboxylic acids is 1. The van der Waals surface area contributed by atoms with Crippen LogP contribution in [0.3, 0.4) is 0 Å². The lowest BCUT2D eigenvalue weighted by Crippen LogP contribution is -2.62. The predicted molar refractivity (Wildman–Crippen MR) is 272 cm³/mol. The minimum Gasteiger partial charge on any atom is -0.480 e. The quantitative estimate of drug-likeness (QED) is 0.0162. The fraction of sp³-hybridized carbons (Fsp3) is 0.705. The minimum absolute atomic E-state index is 0.00137. The molecule has 0 aromatic carbocycles. The number of rotatable bonds is 34. The van der Waals surface area contributed by atoms with E-state index >= 15 is 0 Å². The summed E-state index contributed by atoms with van der Waals surface area (Å²) in [5, 5.41) is 59.1. The van der Waals surface area contributed by atoms with Crippen molar-refractivity contribution in [1.82, 2.24) is 47.4 Å². The standard InChI is InChI=1S/C44H77N15O16S/c1-19(2)15-26(54-36(67)24(9-7-12-50-44(48)49)52-35(66)23(45)16-30(46)63)38(69)53-25(11-14-76-6)37(68)58-33(22(5)62)42(73)59-13-8-10-29(59)40(71)51-20(3)34(65)56-28(18-60)39(70)57-32(21(4)61)41(72)55-27(43(74)75)17-31(47)64/h19-29,32-33,60-62H,7-18,45H2,1-6H3,(H2,46,63)(H2,47,64)(H,51,71)(H,52,66)(H,53,69)(H,54,67)(H,55,72)(H,56,65)(H,57,70)(H,58,68)(H,74,75)(H4,48,49,50)/t20-,21+,22+,23-,24-,25-,26-,27-,28-,29-,32-,33-/m0/s1. The molecule has 0 saturated carbocycles. The number of primary amides is 2. The number of nitrogens with zero attached hydrogens (tertiary/aromatic N) is 2. The molecule has 0 aliphatic carbocycles. The first-order chi connectivity index (χ1) is 35.4. The first kappa shape index (κ1) is 67.1. The molecule has 0 bridgehead atoms. The van der Waals surface area contributed by atoms with Crippen LogP contribution in [0.15, 0.2) is 4.99 Å². The van der Waals surface area contributed by atoms with E-state index in [1.54, 1.807) is 20.1 Å². The molecule has 1 saturated heterocycles. The first-order valence-electron chi connectivity index (χ1n) is 24.3. The number of carboxylic acids is 1. The van der Waals surface area contributed by atoms with Gasteiger partial charge in [0.15, 0.2) is 5.96 Å². The number of carbonyl (C=O) groups is 12. The number of carbonyl (C=O) groups excluding carboxylic acids is 11. The number of hydrogen-bond donors (Lipinski definition) is 17. The Labute approximate surface area is 442 Å². The maximum absolute atomic E-state index is 14.1. The summed E-state index contributed by atoms with van der Waals surface area (Å²) < 4.78 is 0. The lowest BCUT2D eigenvalue weighted by Gasteiger charge is -2.32. The number of likely N-dealkylation sites (tertiary alicyclic amines) is 1. The molecule has 0 aromatic rings. The molecule has 1 rings (SSSR count). The van der Waals surface area contributed by atoms with Gasteiger partial charge < -0.3 is 96.5 Å². The second-order valence-electron chi connectivity index (χ2n) is 18.5.